The zero-order valence-electron chi connectivity index (χ0n) is 14.0. The highest BCUT2D eigenvalue weighted by atomic mass is 32.1. The zero-order chi connectivity index (χ0) is 18.6. The average Bonchev–Trinajstić information content (AvgIpc) is 2.91. The van der Waals surface area contributed by atoms with Crippen molar-refractivity contribution in [2.24, 2.45) is 5.73 Å². The highest BCUT2D eigenvalue weighted by Gasteiger charge is 2.25. The van der Waals surface area contributed by atoms with E-state index in [1.54, 1.807) is 31.2 Å². The lowest BCUT2D eigenvalue weighted by molar-refractivity contribution is 0.0605. The summed E-state index contributed by atoms with van der Waals surface area (Å²) < 4.78 is 10.0. The van der Waals surface area contributed by atoms with Crippen molar-refractivity contribution >= 4 is 34.1 Å². The molecule has 1 aromatic heterocycles. The van der Waals surface area contributed by atoms with Crippen molar-refractivity contribution in [3.63, 3.8) is 0 Å². The summed E-state index contributed by atoms with van der Waals surface area (Å²) in [6, 6.07) is 6.55. The molecule has 7 nitrogen and oxygen atoms in total. The number of nitrogens with one attached hydrogen (secondary N) is 1. The number of rotatable bonds is 6. The number of carbonyl (C=O) groups is 3. The molecule has 0 saturated heterocycles. The molecule has 1 heterocycles. The van der Waals surface area contributed by atoms with Gasteiger partial charge < -0.3 is 20.5 Å². The van der Waals surface area contributed by atoms with Gasteiger partial charge in [0.05, 0.1) is 19.3 Å². The van der Waals surface area contributed by atoms with E-state index in [4.69, 9.17) is 10.5 Å². The molecule has 0 radical (unpaired) electrons. The van der Waals surface area contributed by atoms with Gasteiger partial charge in [-0.3, -0.25) is 9.59 Å². The quantitative estimate of drug-likeness (QED) is 0.768. The molecule has 132 valence electrons. The van der Waals surface area contributed by atoms with Gasteiger partial charge in [-0.2, -0.15) is 0 Å². The van der Waals surface area contributed by atoms with Crippen molar-refractivity contribution in [3.05, 3.63) is 45.8 Å². The van der Waals surface area contributed by atoms with Gasteiger partial charge in [0, 0.05) is 5.56 Å². The number of esters is 1. The summed E-state index contributed by atoms with van der Waals surface area (Å²) in [4.78, 5) is 36.1. The summed E-state index contributed by atoms with van der Waals surface area (Å²) >= 11 is 0.949. The van der Waals surface area contributed by atoms with Crippen LogP contribution in [0, 0.1) is 6.92 Å². The Balaban J connectivity index is 2.30. The summed E-state index contributed by atoms with van der Waals surface area (Å²) in [6.45, 7) is 3.97. The summed E-state index contributed by atoms with van der Waals surface area (Å²) in [7, 11) is 1.24. The minimum absolute atomic E-state index is 0.102. The Bertz CT molecular complexity index is 811. The molecule has 0 unspecified atom stereocenters. The summed E-state index contributed by atoms with van der Waals surface area (Å²) in [5, 5.41) is 2.84. The molecule has 0 saturated carbocycles. The van der Waals surface area contributed by atoms with Crippen LogP contribution in [-0.2, 0) is 4.74 Å². The number of benzene rings is 1. The number of thiophene rings is 1. The first-order valence-corrected chi connectivity index (χ1v) is 8.26. The molecule has 0 aliphatic carbocycles. The van der Waals surface area contributed by atoms with Crippen LogP contribution in [-0.4, -0.2) is 31.5 Å². The fourth-order valence-electron chi connectivity index (χ4n) is 2.23. The van der Waals surface area contributed by atoms with Gasteiger partial charge >= 0.3 is 5.97 Å². The lowest BCUT2D eigenvalue weighted by Crippen LogP contribution is -2.17. The molecule has 0 aliphatic rings. The summed E-state index contributed by atoms with van der Waals surface area (Å²) in [5.41, 5.74) is 6.25. The molecule has 0 aliphatic heterocycles. The topological polar surface area (TPSA) is 108 Å². The number of methoxy groups -OCH3 is 1. The van der Waals surface area contributed by atoms with E-state index < -0.39 is 17.8 Å². The van der Waals surface area contributed by atoms with Gasteiger partial charge in [-0.15, -0.1) is 11.3 Å². The van der Waals surface area contributed by atoms with Crippen molar-refractivity contribution in [2.75, 3.05) is 19.0 Å². The molecular weight excluding hydrogens is 344 g/mol. The number of nitrogens with two attached hydrogens (primary N) is 1. The normalized spacial score (nSPS) is 10.2. The Morgan fingerprint density at radius 3 is 2.36 bits per heavy atom. The van der Waals surface area contributed by atoms with Crippen molar-refractivity contribution in [1.29, 1.82) is 0 Å². The molecule has 2 aromatic rings. The van der Waals surface area contributed by atoms with Crippen LogP contribution in [0.15, 0.2) is 24.3 Å². The van der Waals surface area contributed by atoms with Crippen LogP contribution in [0.1, 0.15) is 42.9 Å². The van der Waals surface area contributed by atoms with E-state index >= 15 is 0 Å². The van der Waals surface area contributed by atoms with Gasteiger partial charge in [0.2, 0.25) is 0 Å². The Morgan fingerprint density at radius 1 is 1.20 bits per heavy atom. The highest BCUT2D eigenvalue weighted by Crippen LogP contribution is 2.33. The summed E-state index contributed by atoms with van der Waals surface area (Å²) in [5.74, 6) is -1.10. The van der Waals surface area contributed by atoms with Gasteiger partial charge in [-0.1, -0.05) is 0 Å². The van der Waals surface area contributed by atoms with Crippen molar-refractivity contribution < 1.29 is 23.9 Å². The Hall–Kier alpha value is -2.87. The number of amides is 2. The first-order valence-electron chi connectivity index (χ1n) is 7.44. The standard InChI is InChI=1S/C17H18N2O5S/c1-4-24-11-7-5-10(6-8-11)15(21)19-16-12(14(18)20)9(2)13(25-16)17(22)23-3/h5-8H,4H2,1-3H3,(H2,18,20)(H,19,21). The van der Waals surface area contributed by atoms with Crippen LogP contribution in [0.3, 0.4) is 0 Å². The van der Waals surface area contributed by atoms with Gasteiger partial charge in [0.25, 0.3) is 11.8 Å². The molecule has 8 heteroatoms. The maximum atomic E-state index is 12.4. The highest BCUT2D eigenvalue weighted by molar-refractivity contribution is 7.18. The number of hydrogen-bond acceptors (Lipinski definition) is 6. The summed E-state index contributed by atoms with van der Waals surface area (Å²) in [6.07, 6.45) is 0. The molecule has 0 spiro atoms. The van der Waals surface area contributed by atoms with Gasteiger partial charge in [-0.25, -0.2) is 4.79 Å². The van der Waals surface area contributed by atoms with Crippen LogP contribution in [0.25, 0.3) is 0 Å². The fourth-order valence-corrected chi connectivity index (χ4v) is 3.36. The second-order valence-electron chi connectivity index (χ2n) is 5.03. The van der Waals surface area contributed by atoms with Crippen LogP contribution in [0.5, 0.6) is 5.75 Å². The van der Waals surface area contributed by atoms with Crippen molar-refractivity contribution in [3.8, 4) is 5.75 Å². The lowest BCUT2D eigenvalue weighted by Gasteiger charge is -2.06. The Labute approximate surface area is 148 Å². The molecule has 0 fully saturated rings. The van der Waals surface area contributed by atoms with Gasteiger partial charge in [-0.05, 0) is 43.7 Å². The minimum Gasteiger partial charge on any atom is -0.494 e. The van der Waals surface area contributed by atoms with E-state index in [0.29, 0.717) is 23.5 Å². The number of primary amides is 1. The SMILES string of the molecule is CCOc1ccc(C(=O)Nc2sc(C(=O)OC)c(C)c2C(N)=O)cc1. The van der Waals surface area contributed by atoms with Crippen molar-refractivity contribution in [2.45, 2.75) is 13.8 Å². The first kappa shape index (κ1) is 18.5. The van der Waals surface area contributed by atoms with E-state index in [1.807, 2.05) is 6.92 Å². The molecule has 0 atom stereocenters. The second-order valence-corrected chi connectivity index (χ2v) is 6.05. The predicted molar refractivity (Wildman–Crippen MR) is 94.5 cm³/mol. The number of ether oxygens (including phenoxy) is 2. The molecular formula is C17H18N2O5S. The number of anilines is 1. The third kappa shape index (κ3) is 3.97. The molecule has 3 N–H and O–H groups in total. The largest absolute Gasteiger partial charge is 0.494 e. The first-order chi connectivity index (χ1) is 11.9. The monoisotopic (exact) mass is 362 g/mol. The van der Waals surface area contributed by atoms with Crippen LogP contribution in [0.4, 0.5) is 5.00 Å². The third-order valence-electron chi connectivity index (χ3n) is 3.42. The van der Waals surface area contributed by atoms with E-state index in [-0.39, 0.29) is 15.4 Å². The zero-order valence-corrected chi connectivity index (χ0v) is 14.9. The Morgan fingerprint density at radius 2 is 1.84 bits per heavy atom. The molecule has 0 bridgehead atoms. The van der Waals surface area contributed by atoms with E-state index in [0.717, 1.165) is 11.3 Å². The smallest absolute Gasteiger partial charge is 0.348 e. The van der Waals surface area contributed by atoms with E-state index in [2.05, 4.69) is 10.1 Å². The van der Waals surface area contributed by atoms with Gasteiger partial charge in [0.1, 0.15) is 15.6 Å². The maximum Gasteiger partial charge on any atom is 0.348 e. The minimum atomic E-state index is -0.731. The number of carbonyl (C=O) groups excluding carboxylic acids is 3. The average molecular weight is 362 g/mol. The van der Waals surface area contributed by atoms with E-state index in [1.165, 1.54) is 7.11 Å². The maximum absolute atomic E-state index is 12.4. The molecule has 25 heavy (non-hydrogen) atoms. The Kier molecular flexibility index (Phi) is 5.76. The second kappa shape index (κ2) is 7.80. The molecule has 2 rings (SSSR count). The molecule has 2 amide bonds. The number of hydrogen-bond donors (Lipinski definition) is 2. The third-order valence-corrected chi connectivity index (χ3v) is 4.61. The lowest BCUT2D eigenvalue weighted by atomic mass is 10.1. The molecule has 1 aromatic carbocycles. The van der Waals surface area contributed by atoms with E-state index in [9.17, 15) is 14.4 Å². The van der Waals surface area contributed by atoms with Crippen LogP contribution in [0.2, 0.25) is 0 Å². The van der Waals surface area contributed by atoms with Crippen LogP contribution < -0.4 is 15.8 Å². The van der Waals surface area contributed by atoms with Crippen LogP contribution >= 0.6 is 11.3 Å². The fraction of sp³-hybridized carbons (Fsp3) is 0.235. The predicted octanol–water partition coefficient (Wildman–Crippen LogP) is 2.59. The van der Waals surface area contributed by atoms with Crippen molar-refractivity contribution in [1.82, 2.24) is 0 Å². The van der Waals surface area contributed by atoms with Gasteiger partial charge in [0.15, 0.2) is 0 Å².